The molecule has 1 aromatic heterocycles. The average Bonchev–Trinajstić information content (AvgIpc) is 3.16. The van der Waals surface area contributed by atoms with E-state index in [0.717, 1.165) is 39.7 Å². The molecule has 4 nitrogen and oxygen atoms in total. The Kier molecular flexibility index (Phi) is 8.80. The zero-order valence-electron chi connectivity index (χ0n) is 19.1. The molecular weight excluding hydrogens is 492 g/mol. The summed E-state index contributed by atoms with van der Waals surface area (Å²) >= 11 is 3.59. The standard InChI is InChI=1S/C19H22BrNO2.C7H6F2O/c1-12-9-17(23-14(12)3)16-10-18(19(20)13(2)21-16)22-11-15-7-5-4-6-8-15;1-10-6-4-2-3-5(8)7(6)9/h4-8,10,12,14,17H,9,11H2,1-3H3;2-4H,1H3. The summed E-state index contributed by atoms with van der Waals surface area (Å²) in [5.41, 5.74) is 3.04. The summed E-state index contributed by atoms with van der Waals surface area (Å²) in [5, 5.41) is 0. The molecule has 3 aromatic rings. The number of rotatable bonds is 5. The van der Waals surface area contributed by atoms with E-state index in [1.165, 1.54) is 19.2 Å². The second kappa shape index (κ2) is 11.6. The molecule has 1 aliphatic heterocycles. The lowest BCUT2D eigenvalue weighted by molar-refractivity contribution is 0.0447. The lowest BCUT2D eigenvalue weighted by Gasteiger charge is -2.15. The summed E-state index contributed by atoms with van der Waals surface area (Å²) in [6.07, 6.45) is 1.35. The van der Waals surface area contributed by atoms with Crippen LogP contribution < -0.4 is 9.47 Å². The highest BCUT2D eigenvalue weighted by molar-refractivity contribution is 9.10. The molecule has 0 saturated carbocycles. The quantitative estimate of drug-likeness (QED) is 0.357. The second-order valence-electron chi connectivity index (χ2n) is 8.02. The van der Waals surface area contributed by atoms with E-state index in [2.05, 4.69) is 51.6 Å². The molecule has 0 bridgehead atoms. The topological polar surface area (TPSA) is 40.6 Å². The minimum absolute atomic E-state index is 0.0610. The molecule has 1 saturated heterocycles. The van der Waals surface area contributed by atoms with Crippen molar-refractivity contribution in [3.63, 3.8) is 0 Å². The largest absolute Gasteiger partial charge is 0.494 e. The molecule has 2 aromatic carbocycles. The van der Waals surface area contributed by atoms with E-state index >= 15 is 0 Å². The van der Waals surface area contributed by atoms with Crippen molar-refractivity contribution in [1.29, 1.82) is 0 Å². The van der Waals surface area contributed by atoms with Crippen molar-refractivity contribution >= 4 is 15.9 Å². The van der Waals surface area contributed by atoms with Crippen molar-refractivity contribution in [3.8, 4) is 11.5 Å². The molecule has 7 heteroatoms. The highest BCUT2D eigenvalue weighted by Crippen LogP contribution is 2.39. The molecule has 0 spiro atoms. The molecule has 176 valence electrons. The maximum atomic E-state index is 12.5. The number of aromatic nitrogens is 1. The first kappa shape index (κ1) is 25.1. The minimum atomic E-state index is -0.940. The van der Waals surface area contributed by atoms with Crippen molar-refractivity contribution in [2.24, 2.45) is 5.92 Å². The second-order valence-corrected chi connectivity index (χ2v) is 8.81. The van der Waals surface area contributed by atoms with Gasteiger partial charge in [-0.3, -0.25) is 4.98 Å². The molecule has 0 N–H and O–H groups in total. The molecule has 4 rings (SSSR count). The third kappa shape index (κ3) is 6.51. The Morgan fingerprint density at radius 3 is 2.39 bits per heavy atom. The Morgan fingerprint density at radius 2 is 1.79 bits per heavy atom. The first-order valence-electron chi connectivity index (χ1n) is 10.8. The van der Waals surface area contributed by atoms with Gasteiger partial charge in [-0.15, -0.1) is 0 Å². The van der Waals surface area contributed by atoms with Crippen LogP contribution in [0.5, 0.6) is 11.5 Å². The van der Waals surface area contributed by atoms with Gasteiger partial charge in [0, 0.05) is 6.07 Å². The number of aryl methyl sites for hydroxylation is 1. The van der Waals surface area contributed by atoms with Gasteiger partial charge in [0.05, 0.1) is 29.1 Å². The zero-order chi connectivity index (χ0) is 24.0. The fourth-order valence-corrected chi connectivity index (χ4v) is 3.78. The van der Waals surface area contributed by atoms with Crippen LogP contribution >= 0.6 is 15.9 Å². The number of hydrogen-bond acceptors (Lipinski definition) is 4. The van der Waals surface area contributed by atoms with E-state index in [1.54, 1.807) is 0 Å². The van der Waals surface area contributed by atoms with Gasteiger partial charge in [0.15, 0.2) is 11.6 Å². The Bertz CT molecular complexity index is 1050. The van der Waals surface area contributed by atoms with Crippen LogP contribution in [0.2, 0.25) is 0 Å². The Hall–Kier alpha value is -2.51. The molecule has 1 aliphatic rings. The Labute approximate surface area is 202 Å². The Morgan fingerprint density at radius 1 is 1.06 bits per heavy atom. The molecule has 33 heavy (non-hydrogen) atoms. The van der Waals surface area contributed by atoms with Gasteiger partial charge in [-0.05, 0) is 59.8 Å². The number of ether oxygens (including phenoxy) is 3. The molecule has 3 atom stereocenters. The number of nitrogens with zero attached hydrogens (tertiary/aromatic N) is 1. The smallest absolute Gasteiger partial charge is 0.200 e. The van der Waals surface area contributed by atoms with Gasteiger partial charge in [0.2, 0.25) is 5.82 Å². The molecule has 3 unspecified atom stereocenters. The molecule has 0 radical (unpaired) electrons. The van der Waals surface area contributed by atoms with Gasteiger partial charge in [-0.1, -0.05) is 43.3 Å². The van der Waals surface area contributed by atoms with Crippen molar-refractivity contribution < 1.29 is 23.0 Å². The van der Waals surface area contributed by atoms with Gasteiger partial charge in [0.25, 0.3) is 0 Å². The van der Waals surface area contributed by atoms with Crippen molar-refractivity contribution in [2.75, 3.05) is 7.11 Å². The van der Waals surface area contributed by atoms with E-state index in [4.69, 9.17) is 9.47 Å². The van der Waals surface area contributed by atoms with Crippen molar-refractivity contribution in [3.05, 3.63) is 87.7 Å². The molecule has 2 heterocycles. The van der Waals surface area contributed by atoms with Gasteiger partial charge < -0.3 is 14.2 Å². The van der Waals surface area contributed by atoms with Crippen LogP contribution in [-0.2, 0) is 11.3 Å². The first-order valence-corrected chi connectivity index (χ1v) is 11.6. The minimum Gasteiger partial charge on any atom is -0.494 e. The van der Waals surface area contributed by atoms with Gasteiger partial charge in [0.1, 0.15) is 18.5 Å². The summed E-state index contributed by atoms with van der Waals surface area (Å²) in [7, 11) is 1.29. The van der Waals surface area contributed by atoms with Crippen LogP contribution in [-0.4, -0.2) is 18.2 Å². The van der Waals surface area contributed by atoms with E-state index in [0.29, 0.717) is 12.5 Å². The maximum absolute atomic E-state index is 12.5. The van der Waals surface area contributed by atoms with Crippen LogP contribution in [0.1, 0.15) is 43.3 Å². The monoisotopic (exact) mass is 519 g/mol. The highest BCUT2D eigenvalue weighted by Gasteiger charge is 2.31. The lowest BCUT2D eigenvalue weighted by Crippen LogP contribution is -2.07. The Balaban J connectivity index is 0.000000257. The van der Waals surface area contributed by atoms with Crippen LogP contribution in [0.15, 0.2) is 59.1 Å². The van der Waals surface area contributed by atoms with E-state index in [-0.39, 0.29) is 18.0 Å². The molecule has 1 fully saturated rings. The van der Waals surface area contributed by atoms with E-state index in [1.807, 2.05) is 31.2 Å². The summed E-state index contributed by atoms with van der Waals surface area (Å²) in [4.78, 5) is 4.69. The maximum Gasteiger partial charge on any atom is 0.200 e. The van der Waals surface area contributed by atoms with Gasteiger partial charge in [-0.25, -0.2) is 4.39 Å². The lowest BCUT2D eigenvalue weighted by atomic mass is 10.0. The predicted octanol–water partition coefficient (Wildman–Crippen LogP) is 7.19. The van der Waals surface area contributed by atoms with Crippen LogP contribution in [0, 0.1) is 24.5 Å². The first-order chi connectivity index (χ1) is 15.8. The normalized spacial score (nSPS) is 19.5. The number of halogens is 3. The van der Waals surface area contributed by atoms with Crippen LogP contribution in [0.25, 0.3) is 0 Å². The SMILES string of the molecule is COc1cccc(F)c1F.Cc1nc(C2CC(C)C(C)O2)cc(OCc2ccccc2)c1Br. The predicted molar refractivity (Wildman–Crippen MR) is 127 cm³/mol. The summed E-state index contributed by atoms with van der Waals surface area (Å²) in [6.45, 7) is 6.89. The van der Waals surface area contributed by atoms with Gasteiger partial charge in [-0.2, -0.15) is 4.39 Å². The number of methoxy groups -OCH3 is 1. The van der Waals surface area contributed by atoms with Crippen LogP contribution in [0.3, 0.4) is 0 Å². The summed E-state index contributed by atoms with van der Waals surface area (Å²) < 4.78 is 42.3. The third-order valence-electron chi connectivity index (χ3n) is 5.58. The van der Waals surface area contributed by atoms with Crippen molar-refractivity contribution in [2.45, 2.75) is 46.0 Å². The molecule has 0 amide bonds. The molecular formula is C26H28BrF2NO3. The van der Waals surface area contributed by atoms with E-state index in [9.17, 15) is 8.78 Å². The number of hydrogen-bond donors (Lipinski definition) is 0. The van der Waals surface area contributed by atoms with Gasteiger partial charge >= 0.3 is 0 Å². The fraction of sp³-hybridized carbons (Fsp3) is 0.346. The molecule has 0 aliphatic carbocycles. The summed E-state index contributed by atoms with van der Waals surface area (Å²) in [5.74, 6) is -0.518. The van der Waals surface area contributed by atoms with Crippen molar-refractivity contribution in [1.82, 2.24) is 4.98 Å². The highest BCUT2D eigenvalue weighted by atomic mass is 79.9. The number of pyridine rings is 1. The fourth-order valence-electron chi connectivity index (χ4n) is 3.47. The average molecular weight is 520 g/mol. The number of benzene rings is 2. The zero-order valence-corrected chi connectivity index (χ0v) is 20.7. The third-order valence-corrected chi connectivity index (χ3v) is 6.54. The van der Waals surface area contributed by atoms with Crippen LogP contribution in [0.4, 0.5) is 8.78 Å². The van der Waals surface area contributed by atoms with E-state index < -0.39 is 11.6 Å². The summed E-state index contributed by atoms with van der Waals surface area (Å²) in [6, 6.07) is 16.0.